The minimum Gasteiger partial charge on any atom is -0.393 e. The molecule has 2 atom stereocenters. The molecule has 24 heavy (non-hydrogen) atoms. The second-order valence-electron chi connectivity index (χ2n) is 5.96. The summed E-state index contributed by atoms with van der Waals surface area (Å²) in [6, 6.07) is 11.6. The fraction of sp³-hybridized carbons (Fsp3) is 0.389. The van der Waals surface area contributed by atoms with Crippen molar-refractivity contribution in [1.29, 1.82) is 0 Å². The van der Waals surface area contributed by atoms with Gasteiger partial charge in [-0.25, -0.2) is 4.79 Å². The van der Waals surface area contributed by atoms with Crippen LogP contribution in [0, 0.1) is 0 Å². The van der Waals surface area contributed by atoms with E-state index in [-0.39, 0.29) is 12.1 Å². The minimum absolute atomic E-state index is 0.104. The van der Waals surface area contributed by atoms with Gasteiger partial charge in [0.1, 0.15) is 0 Å². The summed E-state index contributed by atoms with van der Waals surface area (Å²) in [6.07, 6.45) is 0.0467. The molecule has 2 heterocycles. The number of para-hydroxylation sites is 1. The molecule has 2 N–H and O–H groups in total. The number of aliphatic hydroxyl groups is 1. The Labute approximate surface area is 145 Å². The number of carbonyl (C=O) groups excluding carboxylic acids is 1. The second kappa shape index (κ2) is 7.79. The maximum atomic E-state index is 12.8. The van der Waals surface area contributed by atoms with Gasteiger partial charge < -0.3 is 20.1 Å². The van der Waals surface area contributed by atoms with E-state index in [1.54, 1.807) is 23.2 Å². The molecule has 0 aliphatic carbocycles. The number of benzene rings is 1. The van der Waals surface area contributed by atoms with Crippen molar-refractivity contribution in [2.45, 2.75) is 25.5 Å². The highest BCUT2D eigenvalue weighted by molar-refractivity contribution is 7.13. The maximum absolute atomic E-state index is 12.8. The van der Waals surface area contributed by atoms with Crippen molar-refractivity contribution in [3.05, 3.63) is 41.8 Å². The number of hydrogen-bond donors (Lipinski definition) is 2. The largest absolute Gasteiger partial charge is 0.393 e. The third kappa shape index (κ3) is 3.95. The molecule has 1 aromatic heterocycles. The number of thiophene rings is 1. The smallest absolute Gasteiger partial charge is 0.322 e. The van der Waals surface area contributed by atoms with Crippen molar-refractivity contribution < 1.29 is 14.6 Å². The van der Waals surface area contributed by atoms with Crippen LogP contribution in [0.4, 0.5) is 10.5 Å². The molecular formula is C18H22N2O3S. The Morgan fingerprint density at radius 3 is 3.00 bits per heavy atom. The number of nitrogens with one attached hydrogen (secondary N) is 1. The van der Waals surface area contributed by atoms with Gasteiger partial charge in [0.15, 0.2) is 0 Å². The van der Waals surface area contributed by atoms with Crippen molar-refractivity contribution in [1.82, 2.24) is 4.90 Å². The highest BCUT2D eigenvalue weighted by Gasteiger charge is 2.28. The SMILES string of the molecule is C[C@H](O)C[C@@H]1COCCN1C(=O)Nc1ccccc1-c1cccs1. The van der Waals surface area contributed by atoms with Gasteiger partial charge >= 0.3 is 6.03 Å². The first kappa shape index (κ1) is 17.0. The van der Waals surface area contributed by atoms with Gasteiger partial charge in [0, 0.05) is 17.0 Å². The van der Waals surface area contributed by atoms with Crippen molar-refractivity contribution in [2.24, 2.45) is 0 Å². The number of hydrogen-bond acceptors (Lipinski definition) is 4. The van der Waals surface area contributed by atoms with Gasteiger partial charge in [-0.2, -0.15) is 0 Å². The lowest BCUT2D eigenvalue weighted by atomic mass is 10.1. The molecule has 6 heteroatoms. The molecule has 0 bridgehead atoms. The molecule has 0 spiro atoms. The molecule has 0 unspecified atom stereocenters. The van der Waals surface area contributed by atoms with Crippen molar-refractivity contribution in [2.75, 3.05) is 25.1 Å². The zero-order valence-electron chi connectivity index (χ0n) is 13.6. The fourth-order valence-corrected chi connectivity index (χ4v) is 3.70. The maximum Gasteiger partial charge on any atom is 0.322 e. The first-order valence-electron chi connectivity index (χ1n) is 8.11. The summed E-state index contributed by atoms with van der Waals surface area (Å²) in [5.74, 6) is 0. The van der Waals surface area contributed by atoms with Gasteiger partial charge in [0.05, 0.1) is 31.0 Å². The Morgan fingerprint density at radius 1 is 1.42 bits per heavy atom. The molecule has 0 radical (unpaired) electrons. The Hall–Kier alpha value is -1.89. The Bertz CT molecular complexity index is 673. The standard InChI is InChI=1S/C18H22N2O3S/c1-13(21)11-14-12-23-9-8-20(14)18(22)19-16-6-3-2-5-15(16)17-7-4-10-24-17/h2-7,10,13-14,21H,8-9,11-12H2,1H3,(H,19,22)/t13-,14+/m0/s1. The average molecular weight is 346 g/mol. The predicted octanol–water partition coefficient (Wildman–Crippen LogP) is 3.42. The number of ether oxygens (including phenoxy) is 1. The van der Waals surface area contributed by atoms with Crippen molar-refractivity contribution >= 4 is 23.1 Å². The van der Waals surface area contributed by atoms with Crippen LogP contribution in [-0.2, 0) is 4.74 Å². The number of anilines is 1. The van der Waals surface area contributed by atoms with Crippen LogP contribution in [-0.4, -0.2) is 47.9 Å². The molecule has 1 aliphatic rings. The van der Waals surface area contributed by atoms with E-state index >= 15 is 0 Å². The quantitative estimate of drug-likeness (QED) is 0.892. The molecule has 0 saturated carbocycles. The Morgan fingerprint density at radius 2 is 2.25 bits per heavy atom. The molecule has 2 aromatic rings. The summed E-state index contributed by atoms with van der Waals surface area (Å²) in [6.45, 7) is 3.25. The average Bonchev–Trinajstić information content (AvgIpc) is 3.09. The summed E-state index contributed by atoms with van der Waals surface area (Å²) in [5.41, 5.74) is 1.81. The fourth-order valence-electron chi connectivity index (χ4n) is 2.94. The van der Waals surface area contributed by atoms with Crippen LogP contribution in [0.3, 0.4) is 0 Å². The van der Waals surface area contributed by atoms with Gasteiger partial charge in [0.2, 0.25) is 0 Å². The molecule has 128 valence electrons. The summed E-state index contributed by atoms with van der Waals surface area (Å²) in [7, 11) is 0. The van der Waals surface area contributed by atoms with Crippen molar-refractivity contribution in [3.63, 3.8) is 0 Å². The number of nitrogens with zero attached hydrogens (tertiary/aromatic N) is 1. The lowest BCUT2D eigenvalue weighted by molar-refractivity contribution is -0.00160. The topological polar surface area (TPSA) is 61.8 Å². The predicted molar refractivity (Wildman–Crippen MR) is 96.4 cm³/mol. The normalized spacial score (nSPS) is 19.1. The minimum atomic E-state index is -0.467. The molecule has 3 rings (SSSR count). The third-order valence-corrected chi connectivity index (χ3v) is 4.96. The zero-order valence-corrected chi connectivity index (χ0v) is 14.5. The Balaban J connectivity index is 1.77. The zero-order chi connectivity index (χ0) is 16.9. The number of urea groups is 1. The highest BCUT2D eigenvalue weighted by Crippen LogP contribution is 2.31. The van der Waals surface area contributed by atoms with Crippen LogP contribution < -0.4 is 5.32 Å². The second-order valence-corrected chi connectivity index (χ2v) is 6.91. The van der Waals surface area contributed by atoms with E-state index in [2.05, 4.69) is 5.32 Å². The van der Waals surface area contributed by atoms with Gasteiger partial charge in [-0.05, 0) is 30.9 Å². The molecule has 1 saturated heterocycles. The van der Waals surface area contributed by atoms with Crippen LogP contribution >= 0.6 is 11.3 Å². The monoisotopic (exact) mass is 346 g/mol. The molecule has 1 aliphatic heterocycles. The molecule has 1 aromatic carbocycles. The van der Waals surface area contributed by atoms with Crippen LogP contribution in [0.25, 0.3) is 10.4 Å². The van der Waals surface area contributed by atoms with E-state index in [9.17, 15) is 9.90 Å². The summed E-state index contributed by atoms with van der Waals surface area (Å²) < 4.78 is 5.47. The van der Waals surface area contributed by atoms with E-state index in [4.69, 9.17) is 4.74 Å². The summed E-state index contributed by atoms with van der Waals surface area (Å²) >= 11 is 1.64. The van der Waals surface area contributed by atoms with Gasteiger partial charge in [0.25, 0.3) is 0 Å². The number of morpholine rings is 1. The first-order chi connectivity index (χ1) is 11.6. The van der Waals surface area contributed by atoms with Gasteiger partial charge in [-0.15, -0.1) is 11.3 Å². The molecule has 5 nitrogen and oxygen atoms in total. The lowest BCUT2D eigenvalue weighted by Gasteiger charge is -2.36. The number of carbonyl (C=O) groups is 1. The number of rotatable bonds is 4. The third-order valence-electron chi connectivity index (χ3n) is 4.06. The number of aliphatic hydroxyl groups excluding tert-OH is 1. The van der Waals surface area contributed by atoms with Crippen molar-refractivity contribution in [3.8, 4) is 10.4 Å². The van der Waals surface area contributed by atoms with E-state index in [0.29, 0.717) is 26.2 Å². The number of amides is 2. The lowest BCUT2D eigenvalue weighted by Crippen LogP contribution is -2.51. The van der Waals surface area contributed by atoms with E-state index in [1.807, 2.05) is 41.8 Å². The van der Waals surface area contributed by atoms with E-state index in [1.165, 1.54) is 0 Å². The Kier molecular flexibility index (Phi) is 5.50. The van der Waals surface area contributed by atoms with Crippen LogP contribution in [0.2, 0.25) is 0 Å². The van der Waals surface area contributed by atoms with Gasteiger partial charge in [-0.1, -0.05) is 24.3 Å². The summed E-state index contributed by atoms with van der Waals surface area (Å²) in [5, 5.41) is 14.7. The van der Waals surface area contributed by atoms with Crippen LogP contribution in [0.5, 0.6) is 0 Å². The highest BCUT2D eigenvalue weighted by atomic mass is 32.1. The van der Waals surface area contributed by atoms with Crippen LogP contribution in [0.15, 0.2) is 41.8 Å². The summed E-state index contributed by atoms with van der Waals surface area (Å²) in [4.78, 5) is 15.6. The molecular weight excluding hydrogens is 324 g/mol. The first-order valence-corrected chi connectivity index (χ1v) is 8.99. The van der Waals surface area contributed by atoms with Crippen LogP contribution in [0.1, 0.15) is 13.3 Å². The van der Waals surface area contributed by atoms with Gasteiger partial charge in [-0.3, -0.25) is 0 Å². The van der Waals surface area contributed by atoms with E-state index in [0.717, 1.165) is 16.1 Å². The van der Waals surface area contributed by atoms with E-state index < -0.39 is 6.10 Å². The molecule has 2 amide bonds. The molecule has 1 fully saturated rings.